The predicted molar refractivity (Wildman–Crippen MR) is 41.5 cm³/mol. The number of carbonyl (C=O) groups is 2. The Balaban J connectivity index is 2.36. The fourth-order valence-electron chi connectivity index (χ4n) is 1.01. The Bertz CT molecular complexity index is 201. The highest BCUT2D eigenvalue weighted by Crippen LogP contribution is 2.29. The molecule has 0 heterocycles. The molecule has 1 saturated carbocycles. The van der Waals surface area contributed by atoms with E-state index in [1.807, 2.05) is 0 Å². The number of hydrogen-bond acceptors (Lipinski definition) is 2. The highest BCUT2D eigenvalue weighted by atomic mass is 16.4. The lowest BCUT2D eigenvalue weighted by atomic mass is 10.4. The molecule has 1 fully saturated rings. The standard InChI is InChI=1S/C7H12N2O3/c8-7(12)9(4-6(10)11)3-5-1-2-5/h5H,1-4H2,(H2,8,12)(H,10,11). The molecule has 0 saturated heterocycles. The molecule has 1 aliphatic rings. The van der Waals surface area contributed by atoms with Crippen molar-refractivity contribution >= 4 is 12.0 Å². The molecule has 5 nitrogen and oxygen atoms in total. The van der Waals surface area contributed by atoms with Gasteiger partial charge in [-0.2, -0.15) is 0 Å². The van der Waals surface area contributed by atoms with Crippen LogP contribution in [0.5, 0.6) is 0 Å². The van der Waals surface area contributed by atoms with Crippen molar-refractivity contribution in [3.63, 3.8) is 0 Å². The minimum Gasteiger partial charge on any atom is -0.480 e. The van der Waals surface area contributed by atoms with Gasteiger partial charge in [0.2, 0.25) is 0 Å². The minimum atomic E-state index is -1.02. The summed E-state index contributed by atoms with van der Waals surface area (Å²) in [6.07, 6.45) is 2.15. The van der Waals surface area contributed by atoms with Crippen LogP contribution < -0.4 is 5.73 Å². The second-order valence-electron chi connectivity index (χ2n) is 3.06. The lowest BCUT2D eigenvalue weighted by Crippen LogP contribution is -2.40. The van der Waals surface area contributed by atoms with Crippen molar-refractivity contribution in [2.45, 2.75) is 12.8 Å². The van der Waals surface area contributed by atoms with Gasteiger partial charge in [0, 0.05) is 6.54 Å². The molecule has 0 aromatic rings. The Labute approximate surface area is 70.1 Å². The molecular weight excluding hydrogens is 160 g/mol. The van der Waals surface area contributed by atoms with Gasteiger partial charge in [-0.25, -0.2) is 4.79 Å². The molecule has 0 radical (unpaired) electrons. The van der Waals surface area contributed by atoms with Crippen molar-refractivity contribution < 1.29 is 14.7 Å². The third kappa shape index (κ3) is 2.77. The molecule has 5 heteroatoms. The molecule has 0 bridgehead atoms. The van der Waals surface area contributed by atoms with Gasteiger partial charge in [-0.3, -0.25) is 4.79 Å². The van der Waals surface area contributed by atoms with Gasteiger partial charge in [0.25, 0.3) is 0 Å². The number of aliphatic carboxylic acids is 1. The Morgan fingerprint density at radius 2 is 2.08 bits per heavy atom. The van der Waals surface area contributed by atoms with Gasteiger partial charge >= 0.3 is 12.0 Å². The van der Waals surface area contributed by atoms with Crippen LogP contribution in [0.1, 0.15) is 12.8 Å². The number of nitrogens with two attached hydrogens (primary N) is 1. The van der Waals surface area contributed by atoms with Gasteiger partial charge in [0.15, 0.2) is 0 Å². The molecule has 2 amide bonds. The molecule has 0 atom stereocenters. The van der Waals surface area contributed by atoms with Gasteiger partial charge < -0.3 is 15.7 Å². The van der Waals surface area contributed by atoms with Gasteiger partial charge in [0.05, 0.1) is 0 Å². The van der Waals surface area contributed by atoms with Crippen LogP contribution in [-0.4, -0.2) is 35.1 Å². The summed E-state index contributed by atoms with van der Waals surface area (Å²) in [5, 5.41) is 8.42. The molecule has 3 N–H and O–H groups in total. The van der Waals surface area contributed by atoms with E-state index in [2.05, 4.69) is 0 Å². The molecule has 1 rings (SSSR count). The summed E-state index contributed by atoms with van der Waals surface area (Å²) in [6, 6.07) is -0.649. The molecule has 0 spiro atoms. The van der Waals surface area contributed by atoms with Gasteiger partial charge in [-0.1, -0.05) is 0 Å². The van der Waals surface area contributed by atoms with E-state index >= 15 is 0 Å². The lowest BCUT2D eigenvalue weighted by molar-refractivity contribution is -0.137. The second kappa shape index (κ2) is 3.42. The van der Waals surface area contributed by atoms with Crippen LogP contribution in [0.3, 0.4) is 0 Å². The fraction of sp³-hybridized carbons (Fsp3) is 0.714. The maximum atomic E-state index is 10.7. The van der Waals surface area contributed by atoms with Gasteiger partial charge in [0.1, 0.15) is 6.54 Å². The first kappa shape index (κ1) is 8.83. The highest BCUT2D eigenvalue weighted by Gasteiger charge is 2.26. The van der Waals surface area contributed by atoms with Crippen LogP contribution >= 0.6 is 0 Å². The molecule has 0 aromatic heterocycles. The molecule has 12 heavy (non-hydrogen) atoms. The van der Waals surface area contributed by atoms with Crippen LogP contribution in [-0.2, 0) is 4.79 Å². The van der Waals surface area contributed by atoms with E-state index in [0.717, 1.165) is 12.8 Å². The number of primary amides is 1. The van der Waals surface area contributed by atoms with Crippen LogP contribution in [0, 0.1) is 5.92 Å². The van der Waals surface area contributed by atoms with Crippen LogP contribution in [0.25, 0.3) is 0 Å². The third-order valence-corrected chi connectivity index (χ3v) is 1.81. The summed E-state index contributed by atoms with van der Waals surface area (Å²) in [5.74, 6) is -0.550. The zero-order chi connectivity index (χ0) is 9.14. The Kier molecular flexibility index (Phi) is 2.52. The zero-order valence-corrected chi connectivity index (χ0v) is 6.69. The van der Waals surface area contributed by atoms with Crippen molar-refractivity contribution in [2.24, 2.45) is 11.7 Å². The van der Waals surface area contributed by atoms with E-state index in [4.69, 9.17) is 10.8 Å². The van der Waals surface area contributed by atoms with Crippen molar-refractivity contribution in [2.75, 3.05) is 13.1 Å². The SMILES string of the molecule is NC(=O)N(CC(=O)O)CC1CC1. The second-order valence-corrected chi connectivity index (χ2v) is 3.06. The fourth-order valence-corrected chi connectivity index (χ4v) is 1.01. The summed E-state index contributed by atoms with van der Waals surface area (Å²) in [5.41, 5.74) is 4.98. The largest absolute Gasteiger partial charge is 0.480 e. The first-order chi connectivity index (χ1) is 5.59. The molecule has 0 aliphatic heterocycles. The zero-order valence-electron chi connectivity index (χ0n) is 6.69. The number of rotatable bonds is 4. The monoisotopic (exact) mass is 172 g/mol. The molecule has 68 valence electrons. The molecular formula is C7H12N2O3. The van der Waals surface area contributed by atoms with Gasteiger partial charge in [-0.05, 0) is 18.8 Å². The number of amides is 2. The molecule has 0 unspecified atom stereocenters. The number of nitrogens with zero attached hydrogens (tertiary/aromatic N) is 1. The van der Waals surface area contributed by atoms with Crippen molar-refractivity contribution in [1.29, 1.82) is 0 Å². The normalized spacial score (nSPS) is 15.7. The summed E-state index contributed by atoms with van der Waals surface area (Å²) in [7, 11) is 0. The molecule has 1 aliphatic carbocycles. The van der Waals surface area contributed by atoms with E-state index in [-0.39, 0.29) is 6.54 Å². The number of carboxylic acid groups (broad SMARTS) is 1. The van der Waals surface area contributed by atoms with Crippen LogP contribution in [0.2, 0.25) is 0 Å². The lowest BCUT2D eigenvalue weighted by Gasteiger charge is -2.16. The summed E-state index contributed by atoms with van der Waals surface area (Å²) in [4.78, 5) is 22.1. The van der Waals surface area contributed by atoms with Crippen molar-refractivity contribution in [1.82, 2.24) is 4.90 Å². The molecule has 0 aromatic carbocycles. The van der Waals surface area contributed by atoms with Crippen LogP contribution in [0.15, 0.2) is 0 Å². The van der Waals surface area contributed by atoms with E-state index in [1.54, 1.807) is 0 Å². The van der Waals surface area contributed by atoms with Crippen molar-refractivity contribution in [3.8, 4) is 0 Å². The average Bonchev–Trinajstić information content (AvgIpc) is 2.68. The number of carboxylic acids is 1. The van der Waals surface area contributed by atoms with Gasteiger partial charge in [-0.15, -0.1) is 0 Å². The van der Waals surface area contributed by atoms with Crippen molar-refractivity contribution in [3.05, 3.63) is 0 Å². The first-order valence-electron chi connectivity index (χ1n) is 3.85. The van der Waals surface area contributed by atoms with Crippen LogP contribution in [0.4, 0.5) is 4.79 Å². The quantitative estimate of drug-likeness (QED) is 0.619. The van der Waals surface area contributed by atoms with E-state index < -0.39 is 12.0 Å². The Morgan fingerprint density at radius 3 is 2.42 bits per heavy atom. The Morgan fingerprint density at radius 1 is 1.50 bits per heavy atom. The first-order valence-corrected chi connectivity index (χ1v) is 3.85. The Hall–Kier alpha value is -1.26. The maximum absolute atomic E-state index is 10.7. The topological polar surface area (TPSA) is 83.6 Å². The minimum absolute atomic E-state index is 0.286. The number of hydrogen-bond donors (Lipinski definition) is 2. The average molecular weight is 172 g/mol. The van der Waals surface area contributed by atoms with E-state index in [1.165, 1.54) is 4.90 Å². The third-order valence-electron chi connectivity index (χ3n) is 1.81. The number of carbonyl (C=O) groups excluding carboxylic acids is 1. The smallest absolute Gasteiger partial charge is 0.323 e. The van der Waals surface area contributed by atoms with E-state index in [9.17, 15) is 9.59 Å². The summed E-state index contributed by atoms with van der Waals surface area (Å²) < 4.78 is 0. The highest BCUT2D eigenvalue weighted by molar-refractivity contribution is 5.78. The summed E-state index contributed by atoms with van der Waals surface area (Å²) in [6.45, 7) is 0.202. The number of urea groups is 1. The van der Waals surface area contributed by atoms with E-state index in [0.29, 0.717) is 12.5 Å². The predicted octanol–water partition coefficient (Wildman–Crippen LogP) is -0.138. The maximum Gasteiger partial charge on any atom is 0.323 e. The summed E-state index contributed by atoms with van der Waals surface area (Å²) >= 11 is 0.